The zero-order valence-corrected chi connectivity index (χ0v) is 15.5. The van der Waals surface area contributed by atoms with E-state index in [1.165, 1.54) is 18.2 Å². The predicted molar refractivity (Wildman–Crippen MR) is 99.0 cm³/mol. The van der Waals surface area contributed by atoms with Crippen LogP contribution >= 0.6 is 0 Å². The molecule has 28 heavy (non-hydrogen) atoms. The van der Waals surface area contributed by atoms with Crippen molar-refractivity contribution < 1.29 is 27.4 Å². The van der Waals surface area contributed by atoms with E-state index in [4.69, 9.17) is 4.74 Å². The first-order valence-electron chi connectivity index (χ1n) is 8.80. The number of hydrogen-bond acceptors (Lipinski definition) is 4. The lowest BCUT2D eigenvalue weighted by Gasteiger charge is -2.17. The van der Waals surface area contributed by atoms with E-state index in [2.05, 4.69) is 10.1 Å². The molecule has 152 valence electrons. The molecule has 2 aromatic rings. The molecule has 2 rings (SSSR count). The molecule has 0 heterocycles. The third-order valence-corrected chi connectivity index (χ3v) is 3.78. The summed E-state index contributed by atoms with van der Waals surface area (Å²) in [5.41, 5.74) is 0.257. The van der Waals surface area contributed by atoms with Crippen LogP contribution in [0.4, 0.5) is 13.2 Å². The number of carbonyl (C=O) groups is 1. The summed E-state index contributed by atoms with van der Waals surface area (Å²) < 4.78 is 46.8. The molecule has 0 aliphatic heterocycles. The topological polar surface area (TPSA) is 50.8 Å². The molecule has 0 radical (unpaired) electrons. The molecule has 2 aromatic carbocycles. The molecular weight excluding hydrogens is 373 g/mol. The van der Waals surface area contributed by atoms with Gasteiger partial charge in [0.2, 0.25) is 5.91 Å². The van der Waals surface area contributed by atoms with Gasteiger partial charge in [0.1, 0.15) is 11.5 Å². The number of ether oxygens (including phenoxy) is 2. The molecule has 0 fully saturated rings. The number of nitrogens with zero attached hydrogens (tertiary/aromatic N) is 1. The van der Waals surface area contributed by atoms with Gasteiger partial charge in [-0.2, -0.15) is 0 Å². The van der Waals surface area contributed by atoms with Crippen LogP contribution in [0.5, 0.6) is 11.5 Å². The first-order valence-corrected chi connectivity index (χ1v) is 8.80. The quantitative estimate of drug-likeness (QED) is 0.624. The summed E-state index contributed by atoms with van der Waals surface area (Å²) in [5, 5.41) is 2.61. The third kappa shape index (κ3) is 8.30. The van der Waals surface area contributed by atoms with Crippen LogP contribution in [0.25, 0.3) is 0 Å². The number of nitrogens with one attached hydrogen (secondary N) is 1. The van der Waals surface area contributed by atoms with Gasteiger partial charge in [-0.25, -0.2) is 0 Å². The second-order valence-corrected chi connectivity index (χ2v) is 6.19. The predicted octanol–water partition coefficient (Wildman–Crippen LogP) is 3.60. The van der Waals surface area contributed by atoms with Crippen molar-refractivity contribution in [2.45, 2.75) is 19.3 Å². The maximum absolute atomic E-state index is 12.4. The van der Waals surface area contributed by atoms with E-state index in [1.54, 1.807) is 13.1 Å². The monoisotopic (exact) mass is 396 g/mol. The summed E-state index contributed by atoms with van der Waals surface area (Å²) in [5.74, 6) is 0.192. The van der Waals surface area contributed by atoms with Gasteiger partial charge in [0, 0.05) is 18.7 Å². The van der Waals surface area contributed by atoms with Crippen molar-refractivity contribution in [1.82, 2.24) is 10.2 Å². The molecule has 0 aromatic heterocycles. The average molecular weight is 396 g/mol. The molecule has 0 unspecified atom stereocenters. The number of alkyl halides is 3. The van der Waals surface area contributed by atoms with Crippen LogP contribution in [0.1, 0.15) is 12.0 Å². The summed E-state index contributed by atoms with van der Waals surface area (Å²) in [6.45, 7) is 1.26. The van der Waals surface area contributed by atoms with Crippen molar-refractivity contribution in [2.75, 3.05) is 26.7 Å². The first kappa shape index (κ1) is 21.6. The molecule has 1 amide bonds. The molecule has 8 heteroatoms. The number of likely N-dealkylation sites (N-methyl/N-ethyl adjacent to an activating group) is 1. The highest BCUT2D eigenvalue weighted by Gasteiger charge is 2.31. The molecule has 0 spiro atoms. The van der Waals surface area contributed by atoms with Gasteiger partial charge in [-0.15, -0.1) is 13.2 Å². The first-order chi connectivity index (χ1) is 13.3. The Morgan fingerprint density at radius 3 is 2.46 bits per heavy atom. The lowest BCUT2D eigenvalue weighted by atomic mass is 10.2. The average Bonchev–Trinajstić information content (AvgIpc) is 2.64. The molecule has 5 nitrogen and oxygen atoms in total. The fourth-order valence-electron chi connectivity index (χ4n) is 2.49. The highest BCUT2D eigenvalue weighted by Crippen LogP contribution is 2.26. The number of para-hydroxylation sites is 2. The second kappa shape index (κ2) is 10.6. The minimum Gasteiger partial charge on any atom is -0.494 e. The number of carbonyl (C=O) groups excluding carboxylic acids is 1. The van der Waals surface area contributed by atoms with E-state index >= 15 is 0 Å². The van der Waals surface area contributed by atoms with Gasteiger partial charge in [0.15, 0.2) is 0 Å². The Morgan fingerprint density at radius 1 is 1.07 bits per heavy atom. The standard InChI is InChI=1S/C20H23F3N2O3/c1-25(12-7-13-27-17-9-3-2-4-10-17)15-19(26)24-14-16-8-5-6-11-18(16)28-20(21,22)23/h2-6,8-11H,7,12-15H2,1H3,(H,24,26). The van der Waals surface area contributed by atoms with Gasteiger partial charge in [0.05, 0.1) is 13.2 Å². The second-order valence-electron chi connectivity index (χ2n) is 6.19. The zero-order chi connectivity index (χ0) is 20.4. The van der Waals surface area contributed by atoms with E-state index in [1.807, 2.05) is 35.2 Å². The van der Waals surface area contributed by atoms with Crippen molar-refractivity contribution in [3.63, 3.8) is 0 Å². The molecule has 0 aliphatic carbocycles. The third-order valence-electron chi connectivity index (χ3n) is 3.78. The Labute approximate surface area is 162 Å². The molecule has 0 atom stereocenters. The van der Waals surface area contributed by atoms with Crippen LogP contribution in [0.2, 0.25) is 0 Å². The Hall–Kier alpha value is -2.74. The van der Waals surface area contributed by atoms with Crippen LogP contribution in [-0.2, 0) is 11.3 Å². The molecule has 1 N–H and O–H groups in total. The molecule has 0 saturated heterocycles. The number of benzene rings is 2. The van der Waals surface area contributed by atoms with Crippen molar-refractivity contribution in [2.24, 2.45) is 0 Å². The van der Waals surface area contributed by atoms with Crippen molar-refractivity contribution in [1.29, 1.82) is 0 Å². The normalized spacial score (nSPS) is 11.3. The van der Waals surface area contributed by atoms with Crippen LogP contribution in [0.3, 0.4) is 0 Å². The lowest BCUT2D eigenvalue weighted by Crippen LogP contribution is -2.35. The smallest absolute Gasteiger partial charge is 0.494 e. The van der Waals surface area contributed by atoms with Gasteiger partial charge >= 0.3 is 6.36 Å². The summed E-state index contributed by atoms with van der Waals surface area (Å²) in [6.07, 6.45) is -4.04. The highest BCUT2D eigenvalue weighted by molar-refractivity contribution is 5.78. The number of halogens is 3. The summed E-state index contributed by atoms with van der Waals surface area (Å²) >= 11 is 0. The van der Waals surface area contributed by atoms with Crippen molar-refractivity contribution in [3.05, 3.63) is 60.2 Å². The van der Waals surface area contributed by atoms with Crippen LogP contribution in [-0.4, -0.2) is 43.9 Å². The van der Waals surface area contributed by atoms with E-state index in [0.29, 0.717) is 13.2 Å². The maximum Gasteiger partial charge on any atom is 0.573 e. The SMILES string of the molecule is CN(CCCOc1ccccc1)CC(=O)NCc1ccccc1OC(F)(F)F. The van der Waals surface area contributed by atoms with Crippen LogP contribution in [0, 0.1) is 0 Å². The zero-order valence-electron chi connectivity index (χ0n) is 15.5. The largest absolute Gasteiger partial charge is 0.573 e. The summed E-state index contributed by atoms with van der Waals surface area (Å²) in [6, 6.07) is 15.2. The molecule has 0 aliphatic rings. The molecule has 0 bridgehead atoms. The van der Waals surface area contributed by atoms with Crippen LogP contribution < -0.4 is 14.8 Å². The Bertz CT molecular complexity index is 739. The Balaban J connectivity index is 1.69. The lowest BCUT2D eigenvalue weighted by molar-refractivity contribution is -0.274. The molecular formula is C20H23F3N2O3. The van der Waals surface area contributed by atoms with E-state index in [-0.39, 0.29) is 30.3 Å². The summed E-state index contributed by atoms with van der Waals surface area (Å²) in [4.78, 5) is 13.9. The number of amides is 1. The van der Waals surface area contributed by atoms with Gasteiger partial charge in [-0.3, -0.25) is 9.69 Å². The fourth-order valence-corrected chi connectivity index (χ4v) is 2.49. The van der Waals surface area contributed by atoms with Crippen LogP contribution in [0.15, 0.2) is 54.6 Å². The highest BCUT2D eigenvalue weighted by atomic mass is 19.4. The Kier molecular flexibility index (Phi) is 8.13. The number of hydrogen-bond donors (Lipinski definition) is 1. The van der Waals surface area contributed by atoms with Gasteiger partial charge in [-0.1, -0.05) is 36.4 Å². The van der Waals surface area contributed by atoms with E-state index < -0.39 is 6.36 Å². The van der Waals surface area contributed by atoms with Gasteiger partial charge in [-0.05, 0) is 31.7 Å². The van der Waals surface area contributed by atoms with E-state index in [0.717, 1.165) is 12.2 Å². The van der Waals surface area contributed by atoms with Gasteiger partial charge in [0.25, 0.3) is 0 Å². The Morgan fingerprint density at radius 2 is 1.75 bits per heavy atom. The molecule has 0 saturated carbocycles. The summed E-state index contributed by atoms with van der Waals surface area (Å²) in [7, 11) is 1.79. The van der Waals surface area contributed by atoms with Crippen molar-refractivity contribution >= 4 is 5.91 Å². The fraction of sp³-hybridized carbons (Fsp3) is 0.350. The van der Waals surface area contributed by atoms with E-state index in [9.17, 15) is 18.0 Å². The van der Waals surface area contributed by atoms with Crippen molar-refractivity contribution in [3.8, 4) is 11.5 Å². The maximum atomic E-state index is 12.4. The minimum absolute atomic E-state index is 0.0456. The minimum atomic E-state index is -4.78. The number of rotatable bonds is 10. The van der Waals surface area contributed by atoms with Gasteiger partial charge < -0.3 is 14.8 Å².